The average Bonchev–Trinajstić information content (AvgIpc) is 2.30. The van der Waals surface area contributed by atoms with Crippen molar-refractivity contribution in [1.82, 2.24) is 0 Å². The molecule has 0 radical (unpaired) electrons. The van der Waals surface area contributed by atoms with Crippen LogP contribution < -0.4 is 0 Å². The molecule has 0 unspecified atom stereocenters. The third kappa shape index (κ3) is 2.23. The van der Waals surface area contributed by atoms with Crippen LogP contribution in [0.3, 0.4) is 0 Å². The molecule has 0 saturated carbocycles. The van der Waals surface area contributed by atoms with E-state index in [0.717, 1.165) is 0 Å². The Labute approximate surface area is 95.8 Å². The van der Waals surface area contributed by atoms with Crippen LogP contribution in [0.2, 0.25) is 0 Å². The molecule has 0 N–H and O–H groups in total. The van der Waals surface area contributed by atoms with Gasteiger partial charge in [0, 0.05) is 14.2 Å². The maximum atomic E-state index is 5.19. The lowest BCUT2D eigenvalue weighted by molar-refractivity contribution is 0.185. The van der Waals surface area contributed by atoms with E-state index in [-0.39, 0.29) is 0 Å². The largest absolute Gasteiger partial charge is 0.380 e. The maximum absolute atomic E-state index is 5.19. The number of methoxy groups -OCH3 is 2. The van der Waals surface area contributed by atoms with Crippen molar-refractivity contribution < 1.29 is 9.47 Å². The van der Waals surface area contributed by atoms with Gasteiger partial charge in [0.2, 0.25) is 0 Å². The molecule has 84 valence electrons. The second-order valence-electron chi connectivity index (χ2n) is 3.84. The minimum Gasteiger partial charge on any atom is -0.380 e. The van der Waals surface area contributed by atoms with E-state index in [2.05, 4.69) is 36.4 Å². The molecule has 0 aromatic heterocycles. The third-order valence-corrected chi connectivity index (χ3v) is 2.65. The first-order valence-electron chi connectivity index (χ1n) is 5.33. The second-order valence-corrected chi connectivity index (χ2v) is 3.84. The Morgan fingerprint density at radius 2 is 1.75 bits per heavy atom. The first kappa shape index (κ1) is 11.1. The van der Waals surface area contributed by atoms with Crippen molar-refractivity contribution in [3.8, 4) is 0 Å². The van der Waals surface area contributed by atoms with Gasteiger partial charge in [0.1, 0.15) is 0 Å². The van der Waals surface area contributed by atoms with Crippen LogP contribution in [0.4, 0.5) is 0 Å². The van der Waals surface area contributed by atoms with Gasteiger partial charge >= 0.3 is 0 Å². The summed E-state index contributed by atoms with van der Waals surface area (Å²) >= 11 is 0. The first-order chi connectivity index (χ1) is 7.85. The van der Waals surface area contributed by atoms with Gasteiger partial charge in [-0.2, -0.15) is 0 Å². The van der Waals surface area contributed by atoms with Crippen LogP contribution in [0.15, 0.2) is 36.4 Å². The predicted molar refractivity (Wildman–Crippen MR) is 65.4 cm³/mol. The lowest BCUT2D eigenvalue weighted by Crippen LogP contribution is -1.91. The van der Waals surface area contributed by atoms with Gasteiger partial charge in [-0.25, -0.2) is 0 Å². The predicted octanol–water partition coefficient (Wildman–Crippen LogP) is 3.13. The molecule has 0 fully saturated rings. The fourth-order valence-electron chi connectivity index (χ4n) is 1.94. The first-order valence-corrected chi connectivity index (χ1v) is 5.33. The van der Waals surface area contributed by atoms with Gasteiger partial charge in [-0.3, -0.25) is 0 Å². The smallest absolute Gasteiger partial charge is 0.0719 e. The minimum atomic E-state index is 0.654. The average molecular weight is 216 g/mol. The molecule has 0 bridgehead atoms. The van der Waals surface area contributed by atoms with E-state index in [1.807, 2.05) is 0 Å². The summed E-state index contributed by atoms with van der Waals surface area (Å²) in [5, 5.41) is 2.49. The molecule has 0 spiro atoms. The Morgan fingerprint density at radius 3 is 2.50 bits per heavy atom. The van der Waals surface area contributed by atoms with Crippen molar-refractivity contribution in [1.29, 1.82) is 0 Å². The number of benzene rings is 2. The van der Waals surface area contributed by atoms with E-state index < -0.39 is 0 Å². The summed E-state index contributed by atoms with van der Waals surface area (Å²) < 4.78 is 10.3. The number of fused-ring (bicyclic) bond motifs is 1. The molecule has 0 aliphatic rings. The molecule has 16 heavy (non-hydrogen) atoms. The maximum Gasteiger partial charge on any atom is 0.0719 e. The van der Waals surface area contributed by atoms with E-state index >= 15 is 0 Å². The SMILES string of the molecule is COCc1ccc2c(COC)cccc2c1. The zero-order valence-electron chi connectivity index (χ0n) is 9.69. The van der Waals surface area contributed by atoms with Crippen molar-refractivity contribution in [2.45, 2.75) is 13.2 Å². The third-order valence-electron chi connectivity index (χ3n) is 2.65. The molecule has 2 aromatic rings. The molecule has 0 atom stereocenters. The number of hydrogen-bond acceptors (Lipinski definition) is 2. The minimum absolute atomic E-state index is 0.654. The topological polar surface area (TPSA) is 18.5 Å². The highest BCUT2D eigenvalue weighted by Gasteiger charge is 2.01. The molecule has 0 heterocycles. The highest BCUT2D eigenvalue weighted by atomic mass is 16.5. The van der Waals surface area contributed by atoms with Crippen LogP contribution in [0.1, 0.15) is 11.1 Å². The quantitative estimate of drug-likeness (QED) is 0.781. The summed E-state index contributed by atoms with van der Waals surface area (Å²) in [6.07, 6.45) is 0. The highest BCUT2D eigenvalue weighted by molar-refractivity contribution is 5.86. The lowest BCUT2D eigenvalue weighted by atomic mass is 10.0. The van der Waals surface area contributed by atoms with Gasteiger partial charge in [-0.1, -0.05) is 30.3 Å². The van der Waals surface area contributed by atoms with Crippen molar-refractivity contribution in [2.24, 2.45) is 0 Å². The van der Waals surface area contributed by atoms with Gasteiger partial charge in [-0.05, 0) is 28.0 Å². The van der Waals surface area contributed by atoms with Crippen LogP contribution >= 0.6 is 0 Å². The van der Waals surface area contributed by atoms with E-state index in [9.17, 15) is 0 Å². The number of ether oxygens (including phenoxy) is 2. The molecule has 0 saturated heterocycles. The highest BCUT2D eigenvalue weighted by Crippen LogP contribution is 2.21. The molecular weight excluding hydrogens is 200 g/mol. The van der Waals surface area contributed by atoms with Crippen molar-refractivity contribution in [3.63, 3.8) is 0 Å². The summed E-state index contributed by atoms with van der Waals surface area (Å²) in [5.41, 5.74) is 2.42. The number of hydrogen-bond donors (Lipinski definition) is 0. The summed E-state index contributed by atoms with van der Waals surface area (Å²) in [4.78, 5) is 0. The lowest BCUT2D eigenvalue weighted by Gasteiger charge is -2.07. The van der Waals surface area contributed by atoms with E-state index in [1.54, 1.807) is 14.2 Å². The number of rotatable bonds is 4. The monoisotopic (exact) mass is 216 g/mol. The summed E-state index contributed by atoms with van der Waals surface area (Å²) in [5.74, 6) is 0. The standard InChI is InChI=1S/C14H16O2/c1-15-9-11-6-7-14-12(8-11)4-3-5-13(14)10-16-2/h3-8H,9-10H2,1-2H3. The van der Waals surface area contributed by atoms with E-state index in [0.29, 0.717) is 13.2 Å². The Hall–Kier alpha value is -1.38. The fourth-order valence-corrected chi connectivity index (χ4v) is 1.94. The Kier molecular flexibility index (Phi) is 3.54. The van der Waals surface area contributed by atoms with Gasteiger partial charge in [0.15, 0.2) is 0 Å². The molecule has 2 heteroatoms. The molecular formula is C14H16O2. The van der Waals surface area contributed by atoms with Crippen molar-refractivity contribution in [3.05, 3.63) is 47.5 Å². The van der Waals surface area contributed by atoms with Gasteiger partial charge < -0.3 is 9.47 Å². The van der Waals surface area contributed by atoms with Crippen molar-refractivity contribution in [2.75, 3.05) is 14.2 Å². The molecule has 0 aliphatic heterocycles. The van der Waals surface area contributed by atoms with Crippen LogP contribution in [0.5, 0.6) is 0 Å². The van der Waals surface area contributed by atoms with E-state index in [4.69, 9.17) is 9.47 Å². The molecule has 0 amide bonds. The Bertz CT molecular complexity index is 477. The molecule has 2 rings (SSSR count). The Morgan fingerprint density at radius 1 is 0.938 bits per heavy atom. The van der Waals surface area contributed by atoms with Crippen LogP contribution in [-0.4, -0.2) is 14.2 Å². The zero-order chi connectivity index (χ0) is 11.4. The zero-order valence-corrected chi connectivity index (χ0v) is 9.69. The normalized spacial score (nSPS) is 10.9. The van der Waals surface area contributed by atoms with Crippen LogP contribution in [0.25, 0.3) is 10.8 Å². The molecule has 0 aliphatic carbocycles. The van der Waals surface area contributed by atoms with Crippen molar-refractivity contribution >= 4 is 10.8 Å². The van der Waals surface area contributed by atoms with E-state index in [1.165, 1.54) is 21.9 Å². The summed E-state index contributed by atoms with van der Waals surface area (Å²) in [6, 6.07) is 12.7. The second kappa shape index (κ2) is 5.10. The van der Waals surface area contributed by atoms with Gasteiger partial charge in [-0.15, -0.1) is 0 Å². The Balaban J connectivity index is 2.46. The van der Waals surface area contributed by atoms with Crippen LogP contribution in [-0.2, 0) is 22.7 Å². The van der Waals surface area contributed by atoms with Crippen LogP contribution in [0, 0.1) is 0 Å². The fraction of sp³-hybridized carbons (Fsp3) is 0.286. The summed E-state index contributed by atoms with van der Waals surface area (Å²) in [7, 11) is 3.43. The van der Waals surface area contributed by atoms with Gasteiger partial charge in [0.05, 0.1) is 13.2 Å². The molecule has 2 aromatic carbocycles. The van der Waals surface area contributed by atoms with Gasteiger partial charge in [0.25, 0.3) is 0 Å². The summed E-state index contributed by atoms with van der Waals surface area (Å²) in [6.45, 7) is 1.31. The molecule has 2 nitrogen and oxygen atoms in total.